The molecule has 3 aliphatic carbocycles. The molecule has 0 unspecified atom stereocenters. The molecule has 2 aromatic rings. The number of phenols is 1. The first-order valence-electron chi connectivity index (χ1n) is 16.4. The van der Waals surface area contributed by atoms with Crippen LogP contribution in [0.15, 0.2) is 59.1 Å². The number of anilines is 1. The molecule has 0 aromatic heterocycles. The molecule has 0 radical (unpaired) electrons. The van der Waals surface area contributed by atoms with E-state index in [2.05, 4.69) is 5.32 Å². The van der Waals surface area contributed by atoms with Crippen LogP contribution in [-0.2, 0) is 30.3 Å². The lowest BCUT2D eigenvalue weighted by molar-refractivity contribution is -0.149. The number of nitrogens with one attached hydrogen (secondary N) is 1. The molecule has 14 heteroatoms. The van der Waals surface area contributed by atoms with Crippen molar-refractivity contribution >= 4 is 35.0 Å². The second kappa shape index (κ2) is 13.0. The average Bonchev–Trinajstić information content (AvgIpc) is 3.06. The van der Waals surface area contributed by atoms with Crippen molar-refractivity contribution in [3.05, 3.63) is 70.2 Å². The van der Waals surface area contributed by atoms with Crippen molar-refractivity contribution in [2.75, 3.05) is 46.2 Å². The summed E-state index contributed by atoms with van der Waals surface area (Å²) in [6, 6.07) is 8.92. The van der Waals surface area contributed by atoms with Crippen molar-refractivity contribution in [2.45, 2.75) is 37.3 Å². The van der Waals surface area contributed by atoms with Gasteiger partial charge in [-0.05, 0) is 93.7 Å². The maximum atomic E-state index is 14.1. The minimum atomic E-state index is -2.71. The zero-order valence-corrected chi connectivity index (χ0v) is 27.9. The fraction of sp³-hybridized carbons (Fsp3) is 0.417. The van der Waals surface area contributed by atoms with Gasteiger partial charge >= 0.3 is 5.97 Å². The molecule has 14 nitrogen and oxygen atoms in total. The van der Waals surface area contributed by atoms with Gasteiger partial charge in [-0.25, -0.2) is 0 Å². The first-order chi connectivity index (χ1) is 23.7. The second-order valence-electron chi connectivity index (χ2n) is 13.6. The van der Waals surface area contributed by atoms with E-state index in [1.54, 1.807) is 44.4 Å². The fourth-order valence-corrected chi connectivity index (χ4v) is 8.15. The van der Waals surface area contributed by atoms with Gasteiger partial charge in [-0.1, -0.05) is 18.2 Å². The van der Waals surface area contributed by atoms with Crippen molar-refractivity contribution in [1.29, 1.82) is 0 Å². The zero-order valence-electron chi connectivity index (χ0n) is 27.9. The SMILES string of the molecule is COC(=O)C1CCN(CC(=O)Nc2ccc(-c3ccc(O)c4c3C[C@H]3C[C@H]5[C@H](N(C)C)C(O)=C(C(N)=O)C(=O)[C@@]5(O)C(O)=C3C4=O)cc2)CC1. The van der Waals surface area contributed by atoms with Gasteiger partial charge < -0.3 is 36.2 Å². The van der Waals surface area contributed by atoms with Gasteiger partial charge in [0.05, 0.1) is 31.2 Å². The van der Waals surface area contributed by atoms with E-state index >= 15 is 0 Å². The summed E-state index contributed by atoms with van der Waals surface area (Å²) in [4.78, 5) is 67.8. The first kappa shape index (κ1) is 34.8. The molecule has 0 bridgehead atoms. The van der Waals surface area contributed by atoms with Gasteiger partial charge in [0, 0.05) is 17.2 Å². The Morgan fingerprint density at radius 1 is 1.04 bits per heavy atom. The quantitative estimate of drug-likeness (QED) is 0.181. The van der Waals surface area contributed by atoms with Crippen LogP contribution in [0.5, 0.6) is 5.75 Å². The Balaban J connectivity index is 1.26. The van der Waals surface area contributed by atoms with Crippen molar-refractivity contribution in [2.24, 2.45) is 23.5 Å². The molecule has 4 atom stereocenters. The van der Waals surface area contributed by atoms with Gasteiger partial charge in [0.1, 0.15) is 22.8 Å². The summed E-state index contributed by atoms with van der Waals surface area (Å²) in [5.41, 5.74) is 3.87. The number of likely N-dealkylation sites (tertiary alicyclic amines) is 1. The van der Waals surface area contributed by atoms with E-state index in [1.807, 2.05) is 4.90 Å². The van der Waals surface area contributed by atoms with Crippen molar-refractivity contribution in [1.82, 2.24) is 9.80 Å². The number of amides is 2. The van der Waals surface area contributed by atoms with E-state index in [9.17, 15) is 44.4 Å². The number of aromatic hydroxyl groups is 1. The Labute approximate surface area is 287 Å². The second-order valence-corrected chi connectivity index (χ2v) is 13.6. The van der Waals surface area contributed by atoms with Crippen LogP contribution in [0.4, 0.5) is 5.69 Å². The number of hydrogen-bond acceptors (Lipinski definition) is 12. The maximum absolute atomic E-state index is 14.1. The molecule has 6 rings (SSSR count). The van der Waals surface area contributed by atoms with Crippen LogP contribution in [0.25, 0.3) is 11.1 Å². The first-order valence-corrected chi connectivity index (χ1v) is 16.4. The number of allylic oxidation sites excluding steroid dienone is 1. The predicted octanol–water partition coefficient (Wildman–Crippen LogP) is 1.61. The minimum Gasteiger partial charge on any atom is -0.510 e. The van der Waals surface area contributed by atoms with Crippen LogP contribution < -0.4 is 11.1 Å². The molecule has 50 heavy (non-hydrogen) atoms. The number of Topliss-reactive ketones (excluding diaryl/α,β-unsaturated/α-hetero) is 2. The van der Waals surface area contributed by atoms with Gasteiger partial charge in [-0.15, -0.1) is 0 Å². The lowest BCUT2D eigenvalue weighted by Gasteiger charge is -2.50. The molecule has 0 saturated carbocycles. The minimum absolute atomic E-state index is 0.0216. The molecule has 0 spiro atoms. The standard InChI is InChI=1S/C36H40N4O10/c1-39(2)29-23-15-19-14-22-21(17-4-6-20(7-5-17)38-25(42)16-40-12-10-18(11-13-40)35(48)50-3)8-9-24(41)27(22)30(43)26(19)32(45)36(23,49)33(46)28(31(29)44)34(37)47/h4-9,18-19,23,29,41,44-45,49H,10-16H2,1-3H3,(H2,37,47)(H,38,42)/t19-,23-,29-,36-/m0/s1. The molecule has 2 amide bonds. The van der Waals surface area contributed by atoms with E-state index in [0.29, 0.717) is 48.3 Å². The summed E-state index contributed by atoms with van der Waals surface area (Å²) < 4.78 is 4.82. The number of esters is 1. The Morgan fingerprint density at radius 3 is 2.30 bits per heavy atom. The third-order valence-electron chi connectivity index (χ3n) is 10.6. The Bertz CT molecular complexity index is 1860. The normalized spacial score (nSPS) is 25.6. The molecule has 7 N–H and O–H groups in total. The Kier molecular flexibility index (Phi) is 9.05. The number of aliphatic hydroxyl groups is 3. The number of ether oxygens (including phenoxy) is 1. The van der Waals surface area contributed by atoms with Gasteiger partial charge in [0.15, 0.2) is 11.4 Å². The van der Waals surface area contributed by atoms with Crippen LogP contribution in [0.3, 0.4) is 0 Å². The van der Waals surface area contributed by atoms with E-state index < -0.39 is 58.0 Å². The topological polar surface area (TPSA) is 220 Å². The maximum Gasteiger partial charge on any atom is 0.308 e. The van der Waals surface area contributed by atoms with Crippen molar-refractivity contribution in [3.8, 4) is 16.9 Å². The highest BCUT2D eigenvalue weighted by molar-refractivity contribution is 6.25. The molecule has 264 valence electrons. The summed E-state index contributed by atoms with van der Waals surface area (Å²) >= 11 is 0. The third kappa shape index (κ3) is 5.62. The van der Waals surface area contributed by atoms with Gasteiger partial charge in [0.2, 0.25) is 11.7 Å². The van der Waals surface area contributed by atoms with Crippen LogP contribution in [-0.4, -0.2) is 112 Å². The largest absolute Gasteiger partial charge is 0.510 e. The average molecular weight is 689 g/mol. The summed E-state index contributed by atoms with van der Waals surface area (Å²) in [6.07, 6.45) is 1.37. The molecule has 1 fully saturated rings. The van der Waals surface area contributed by atoms with Gasteiger partial charge in [-0.3, -0.25) is 33.8 Å². The van der Waals surface area contributed by atoms with E-state index in [0.717, 1.165) is 0 Å². The highest BCUT2D eigenvalue weighted by atomic mass is 16.5. The van der Waals surface area contributed by atoms with Gasteiger partial charge in [-0.2, -0.15) is 0 Å². The van der Waals surface area contributed by atoms with Crippen LogP contribution in [0, 0.1) is 17.8 Å². The molecule has 2 aromatic carbocycles. The number of nitrogens with two attached hydrogens (primary N) is 1. The molecule has 1 heterocycles. The number of rotatable bonds is 7. The smallest absolute Gasteiger partial charge is 0.308 e. The number of likely N-dealkylation sites (N-methyl/N-ethyl adjacent to an activating group) is 1. The zero-order chi connectivity index (χ0) is 36.2. The number of benzene rings is 2. The fourth-order valence-electron chi connectivity index (χ4n) is 8.15. The number of hydrogen-bond donors (Lipinski definition) is 6. The number of aliphatic hydroxyl groups excluding tert-OH is 2. The number of fused-ring (bicyclic) bond motifs is 3. The van der Waals surface area contributed by atoms with E-state index in [4.69, 9.17) is 10.5 Å². The molecule has 1 saturated heterocycles. The number of primary amides is 1. The molecule has 4 aliphatic rings. The lowest BCUT2D eigenvalue weighted by Crippen LogP contribution is -2.63. The summed E-state index contributed by atoms with van der Waals surface area (Å²) in [5.74, 6) is -7.68. The highest BCUT2D eigenvalue weighted by Crippen LogP contribution is 2.53. The summed E-state index contributed by atoms with van der Waals surface area (Å²) in [6.45, 7) is 1.37. The van der Waals surface area contributed by atoms with Crippen molar-refractivity contribution < 1.29 is 49.1 Å². The third-order valence-corrected chi connectivity index (χ3v) is 10.6. The number of nitrogens with zero attached hydrogens (tertiary/aromatic N) is 2. The van der Waals surface area contributed by atoms with Crippen LogP contribution in [0.2, 0.25) is 0 Å². The number of ketones is 2. The highest BCUT2D eigenvalue weighted by Gasteiger charge is 2.63. The van der Waals surface area contributed by atoms with Crippen molar-refractivity contribution in [3.63, 3.8) is 0 Å². The summed E-state index contributed by atoms with van der Waals surface area (Å²) in [7, 11) is 4.52. The number of phenolic OH excluding ortho intramolecular Hbond substituents is 1. The number of methoxy groups -OCH3 is 1. The van der Waals surface area contributed by atoms with E-state index in [1.165, 1.54) is 18.1 Å². The Morgan fingerprint density at radius 2 is 1.70 bits per heavy atom. The number of carbonyl (C=O) groups excluding carboxylic acids is 5. The molecule has 1 aliphatic heterocycles. The van der Waals surface area contributed by atoms with E-state index in [-0.39, 0.29) is 54.1 Å². The van der Waals surface area contributed by atoms with Crippen LogP contribution in [0.1, 0.15) is 35.2 Å². The number of piperidine rings is 1. The Hall–Kier alpha value is -5.05. The van der Waals surface area contributed by atoms with Gasteiger partial charge in [0.25, 0.3) is 5.91 Å². The monoisotopic (exact) mass is 688 g/mol. The molecular formula is C36H40N4O10. The van der Waals surface area contributed by atoms with Crippen LogP contribution >= 0.6 is 0 Å². The lowest BCUT2D eigenvalue weighted by atomic mass is 9.58. The predicted molar refractivity (Wildman–Crippen MR) is 179 cm³/mol. The molecular weight excluding hydrogens is 648 g/mol. The number of carbonyl (C=O) groups is 5. The summed E-state index contributed by atoms with van der Waals surface area (Å²) in [5, 5.41) is 48.1.